The number of halogens is 1. The third kappa shape index (κ3) is 3.90. The molecule has 1 aliphatic heterocycles. The van der Waals surface area contributed by atoms with Gasteiger partial charge in [0.25, 0.3) is 0 Å². The number of carbonyl (C=O) groups is 1. The van der Waals surface area contributed by atoms with Crippen LogP contribution in [0, 0.1) is 0 Å². The smallest absolute Gasteiger partial charge is 0.341 e. The van der Waals surface area contributed by atoms with Gasteiger partial charge in [-0.15, -0.1) is 11.3 Å². The van der Waals surface area contributed by atoms with Gasteiger partial charge in [0.2, 0.25) is 0 Å². The van der Waals surface area contributed by atoms with Gasteiger partial charge in [-0.05, 0) is 47.0 Å². The second-order valence-electron chi connectivity index (χ2n) is 6.78. The molecule has 0 radical (unpaired) electrons. The van der Waals surface area contributed by atoms with E-state index in [4.69, 9.17) is 16.3 Å². The van der Waals surface area contributed by atoms with E-state index in [1.807, 2.05) is 18.2 Å². The van der Waals surface area contributed by atoms with Crippen LogP contribution < -0.4 is 4.74 Å². The summed E-state index contributed by atoms with van der Waals surface area (Å²) in [6.07, 6.45) is 0.807. The molecule has 0 spiro atoms. The van der Waals surface area contributed by atoms with Crippen LogP contribution in [0.1, 0.15) is 21.5 Å². The summed E-state index contributed by atoms with van der Waals surface area (Å²) >= 11 is 7.36. The van der Waals surface area contributed by atoms with Gasteiger partial charge in [-0.25, -0.2) is 13.2 Å². The number of rotatable bonds is 5. The maximum absolute atomic E-state index is 12.9. The topological polar surface area (TPSA) is 89.9 Å². The molecule has 0 saturated heterocycles. The highest BCUT2D eigenvalue weighted by atomic mass is 35.5. The van der Waals surface area contributed by atoms with Gasteiger partial charge in [-0.2, -0.15) is 0 Å². The minimum atomic E-state index is -3.71. The summed E-state index contributed by atoms with van der Waals surface area (Å²) in [6.45, 7) is 0.636. The molecule has 6 nitrogen and oxygen atoms in total. The van der Waals surface area contributed by atoms with Gasteiger partial charge in [-0.1, -0.05) is 23.7 Å². The first-order chi connectivity index (χ1) is 14.3. The lowest BCUT2D eigenvalue weighted by atomic mass is 10.0. The maximum Gasteiger partial charge on any atom is 0.341 e. The molecule has 30 heavy (non-hydrogen) atoms. The monoisotopic (exact) mass is 464 g/mol. The second-order valence-corrected chi connectivity index (χ2v) is 10.6. The van der Waals surface area contributed by atoms with Crippen LogP contribution in [0.15, 0.2) is 46.7 Å². The molecule has 1 aliphatic rings. The van der Waals surface area contributed by atoms with E-state index in [0.717, 1.165) is 34.6 Å². The Labute approximate surface area is 182 Å². The van der Waals surface area contributed by atoms with Crippen LogP contribution >= 0.6 is 22.9 Å². The maximum atomic E-state index is 12.9. The lowest BCUT2D eigenvalue weighted by Gasteiger charge is -2.06. The fourth-order valence-corrected chi connectivity index (χ4v) is 6.47. The molecule has 0 aliphatic carbocycles. The Balaban J connectivity index is 1.62. The number of carbonyl (C=O) groups excluding carboxylic acids is 1. The van der Waals surface area contributed by atoms with Crippen molar-refractivity contribution in [2.24, 2.45) is 0 Å². The summed E-state index contributed by atoms with van der Waals surface area (Å²) in [5, 5.41) is 10.0. The van der Waals surface area contributed by atoms with Gasteiger partial charge in [0, 0.05) is 12.0 Å². The average molecular weight is 465 g/mol. The summed E-state index contributed by atoms with van der Waals surface area (Å²) in [6, 6.07) is 11.3. The third-order valence-electron chi connectivity index (χ3n) is 4.80. The van der Waals surface area contributed by atoms with E-state index in [1.54, 1.807) is 6.07 Å². The summed E-state index contributed by atoms with van der Waals surface area (Å²) in [4.78, 5) is 11.6. The van der Waals surface area contributed by atoms with Crippen molar-refractivity contribution >= 4 is 38.7 Å². The largest absolute Gasteiger partial charge is 0.507 e. The Hall–Kier alpha value is -2.55. The number of phenols is 1. The molecule has 0 fully saturated rings. The molecule has 0 amide bonds. The fourth-order valence-electron chi connectivity index (χ4n) is 3.29. The summed E-state index contributed by atoms with van der Waals surface area (Å²) < 4.78 is 36.5. The SMILES string of the molecule is COC(=O)c1ccc(CS(=O)(=O)c2cc(-c3ccc4c(c3)CCO4)c(Cl)s2)cc1O. The predicted molar refractivity (Wildman–Crippen MR) is 114 cm³/mol. The molecule has 0 bridgehead atoms. The van der Waals surface area contributed by atoms with Crippen LogP contribution in [0.2, 0.25) is 4.34 Å². The molecule has 4 rings (SSSR count). The molecular formula is C21H17ClO6S2. The van der Waals surface area contributed by atoms with Crippen molar-refractivity contribution < 1.29 is 27.8 Å². The standard InChI is InChI=1S/C21H17ClO6S2/c1-27-21(24)15-4-2-12(8-17(15)23)11-30(25,26)19-10-16(20(22)29-19)13-3-5-18-14(9-13)6-7-28-18/h2-5,8-10,23H,6-7,11H2,1H3. The average Bonchev–Trinajstić information content (AvgIpc) is 3.33. The minimum Gasteiger partial charge on any atom is -0.507 e. The number of thiophene rings is 1. The van der Waals surface area contributed by atoms with Crippen LogP contribution in [0.5, 0.6) is 11.5 Å². The zero-order valence-electron chi connectivity index (χ0n) is 15.8. The number of benzene rings is 2. The molecule has 1 N–H and O–H groups in total. The first-order valence-corrected chi connectivity index (χ1v) is 11.8. The summed E-state index contributed by atoms with van der Waals surface area (Å²) in [5.74, 6) is -0.527. The number of methoxy groups -OCH3 is 1. The Morgan fingerprint density at radius 2 is 2.03 bits per heavy atom. The third-order valence-corrected chi connectivity index (χ3v) is 8.40. The highest BCUT2D eigenvalue weighted by molar-refractivity contribution is 7.92. The molecule has 156 valence electrons. The van der Waals surface area contributed by atoms with E-state index in [1.165, 1.54) is 25.3 Å². The summed E-state index contributed by atoms with van der Waals surface area (Å²) in [7, 11) is -2.51. The van der Waals surface area contributed by atoms with Crippen LogP contribution in [0.4, 0.5) is 0 Å². The number of phenolic OH excluding ortho intramolecular Hbond substituents is 1. The van der Waals surface area contributed by atoms with Crippen molar-refractivity contribution in [1.82, 2.24) is 0 Å². The minimum absolute atomic E-state index is 0.0271. The second kappa shape index (κ2) is 7.94. The molecule has 2 aromatic carbocycles. The van der Waals surface area contributed by atoms with E-state index >= 15 is 0 Å². The number of aromatic hydroxyl groups is 1. The van der Waals surface area contributed by atoms with Gasteiger partial charge in [0.05, 0.1) is 19.5 Å². The molecule has 1 aromatic heterocycles. The van der Waals surface area contributed by atoms with Gasteiger partial charge in [-0.3, -0.25) is 0 Å². The molecular weight excluding hydrogens is 448 g/mol. The number of fused-ring (bicyclic) bond motifs is 1. The van der Waals surface area contributed by atoms with E-state index < -0.39 is 15.8 Å². The quantitative estimate of drug-likeness (QED) is 0.560. The normalized spacial score (nSPS) is 13.0. The van der Waals surface area contributed by atoms with Crippen LogP contribution in [0.25, 0.3) is 11.1 Å². The fraction of sp³-hybridized carbons (Fsp3) is 0.190. The predicted octanol–water partition coefficient (Wildman–Crippen LogP) is 4.47. The van der Waals surface area contributed by atoms with E-state index in [2.05, 4.69) is 4.74 Å². The number of ether oxygens (including phenoxy) is 2. The number of hydrogen-bond acceptors (Lipinski definition) is 7. The van der Waals surface area contributed by atoms with Crippen molar-refractivity contribution in [1.29, 1.82) is 0 Å². The van der Waals surface area contributed by atoms with E-state index in [0.29, 0.717) is 22.1 Å². The zero-order valence-corrected chi connectivity index (χ0v) is 18.2. The molecule has 3 aromatic rings. The van der Waals surface area contributed by atoms with E-state index in [-0.39, 0.29) is 21.3 Å². The Morgan fingerprint density at radius 1 is 1.23 bits per heavy atom. The van der Waals surface area contributed by atoms with Crippen molar-refractivity contribution in [3.05, 3.63) is 63.5 Å². The summed E-state index contributed by atoms with van der Waals surface area (Å²) in [5.41, 5.74) is 2.88. The first-order valence-electron chi connectivity index (χ1n) is 8.97. The van der Waals surface area contributed by atoms with Crippen LogP contribution in [0.3, 0.4) is 0 Å². The highest BCUT2D eigenvalue weighted by Crippen LogP contribution is 2.40. The Kier molecular flexibility index (Phi) is 5.48. The van der Waals surface area contributed by atoms with E-state index in [9.17, 15) is 18.3 Å². The molecule has 2 heterocycles. The van der Waals surface area contributed by atoms with Crippen LogP contribution in [-0.4, -0.2) is 33.2 Å². The number of hydrogen-bond donors (Lipinski definition) is 1. The number of sulfone groups is 1. The van der Waals surface area contributed by atoms with Crippen molar-refractivity contribution in [3.8, 4) is 22.6 Å². The lowest BCUT2D eigenvalue weighted by molar-refractivity contribution is 0.0597. The van der Waals surface area contributed by atoms with Gasteiger partial charge >= 0.3 is 5.97 Å². The van der Waals surface area contributed by atoms with Crippen molar-refractivity contribution in [2.75, 3.05) is 13.7 Å². The molecule has 0 unspecified atom stereocenters. The van der Waals surface area contributed by atoms with Gasteiger partial charge < -0.3 is 14.6 Å². The number of esters is 1. The molecule has 0 atom stereocenters. The first kappa shape index (κ1) is 20.7. The zero-order chi connectivity index (χ0) is 21.5. The Bertz CT molecular complexity index is 1250. The van der Waals surface area contributed by atoms with Crippen molar-refractivity contribution in [2.45, 2.75) is 16.4 Å². The highest BCUT2D eigenvalue weighted by Gasteiger charge is 2.23. The lowest BCUT2D eigenvalue weighted by Crippen LogP contribution is -2.05. The molecule has 0 saturated carbocycles. The Morgan fingerprint density at radius 3 is 2.77 bits per heavy atom. The van der Waals surface area contributed by atoms with Crippen molar-refractivity contribution in [3.63, 3.8) is 0 Å². The van der Waals surface area contributed by atoms with Gasteiger partial charge in [0.15, 0.2) is 9.84 Å². The molecule has 9 heteroatoms. The van der Waals surface area contributed by atoms with Crippen LogP contribution in [-0.2, 0) is 26.7 Å². The van der Waals surface area contributed by atoms with Gasteiger partial charge in [0.1, 0.15) is 25.6 Å².